The van der Waals surface area contributed by atoms with Crippen molar-refractivity contribution in [2.75, 3.05) is 13.2 Å². The van der Waals surface area contributed by atoms with Crippen LogP contribution in [0, 0.1) is 13.8 Å². The zero-order valence-electron chi connectivity index (χ0n) is 13.6. The average Bonchev–Trinajstić information content (AvgIpc) is 2.56. The molecule has 0 fully saturated rings. The van der Waals surface area contributed by atoms with Gasteiger partial charge in [0.05, 0.1) is 13.2 Å². The number of hydrogen-bond acceptors (Lipinski definition) is 5. The van der Waals surface area contributed by atoms with Gasteiger partial charge in [0, 0.05) is 37.7 Å². The first-order chi connectivity index (χ1) is 11.3. The van der Waals surface area contributed by atoms with Crippen molar-refractivity contribution in [3.8, 4) is 0 Å². The molecule has 0 aliphatic carbocycles. The van der Waals surface area contributed by atoms with Crippen molar-refractivity contribution in [2.45, 2.75) is 26.7 Å². The molecule has 120 valence electrons. The van der Waals surface area contributed by atoms with Gasteiger partial charge < -0.3 is 4.74 Å². The largest absolute Gasteiger partial charge is 0.381 e. The van der Waals surface area contributed by atoms with E-state index in [1.807, 2.05) is 50.5 Å². The molecule has 0 spiro atoms. The van der Waals surface area contributed by atoms with E-state index in [9.17, 15) is 0 Å². The Hall–Kier alpha value is -2.40. The van der Waals surface area contributed by atoms with E-state index >= 15 is 0 Å². The third-order valence-corrected chi connectivity index (χ3v) is 3.17. The van der Waals surface area contributed by atoms with Crippen LogP contribution in [0.25, 0.3) is 0 Å². The van der Waals surface area contributed by atoms with Crippen molar-refractivity contribution in [1.82, 2.24) is 9.97 Å². The smallest absolute Gasteiger partial charge is 0.154 e. The molecule has 0 saturated carbocycles. The van der Waals surface area contributed by atoms with Crippen LogP contribution in [-0.4, -0.2) is 35.6 Å². The summed E-state index contributed by atoms with van der Waals surface area (Å²) in [5.41, 5.74) is 2.15. The Bertz CT molecular complexity index is 610. The molecule has 23 heavy (non-hydrogen) atoms. The number of aromatic nitrogens is 2. The molecule has 0 bridgehead atoms. The number of nitrogens with zero attached hydrogens (tertiary/aromatic N) is 4. The predicted molar refractivity (Wildman–Crippen MR) is 94.3 cm³/mol. The van der Waals surface area contributed by atoms with Crippen molar-refractivity contribution in [3.05, 3.63) is 47.8 Å². The SMILES string of the molecule is Cc1cccnc1N=CCCOCCC=Nc1ncccc1C. The van der Waals surface area contributed by atoms with Crippen LogP contribution in [0.5, 0.6) is 0 Å². The highest BCUT2D eigenvalue weighted by Crippen LogP contribution is 2.13. The summed E-state index contributed by atoms with van der Waals surface area (Å²) in [6.45, 7) is 5.29. The minimum Gasteiger partial charge on any atom is -0.381 e. The highest BCUT2D eigenvalue weighted by Gasteiger charge is 1.94. The zero-order valence-corrected chi connectivity index (χ0v) is 13.6. The van der Waals surface area contributed by atoms with E-state index in [2.05, 4.69) is 20.0 Å². The Labute approximate surface area is 137 Å². The minimum atomic E-state index is 0.645. The van der Waals surface area contributed by atoms with Gasteiger partial charge in [-0.2, -0.15) is 0 Å². The van der Waals surface area contributed by atoms with Crippen LogP contribution in [0.4, 0.5) is 11.6 Å². The van der Waals surface area contributed by atoms with Gasteiger partial charge in [-0.25, -0.2) is 20.0 Å². The summed E-state index contributed by atoms with van der Waals surface area (Å²) in [7, 11) is 0. The van der Waals surface area contributed by atoms with E-state index in [-0.39, 0.29) is 0 Å². The van der Waals surface area contributed by atoms with Gasteiger partial charge in [-0.3, -0.25) is 0 Å². The first-order valence-electron chi connectivity index (χ1n) is 7.73. The van der Waals surface area contributed by atoms with Gasteiger partial charge >= 0.3 is 0 Å². The molecule has 0 unspecified atom stereocenters. The summed E-state index contributed by atoms with van der Waals surface area (Å²) in [6, 6.07) is 7.81. The molecule has 0 radical (unpaired) electrons. The monoisotopic (exact) mass is 310 g/mol. The Balaban J connectivity index is 1.60. The summed E-state index contributed by atoms with van der Waals surface area (Å²) >= 11 is 0. The molecular formula is C18H22N4O. The lowest BCUT2D eigenvalue weighted by atomic mass is 10.3. The van der Waals surface area contributed by atoms with Gasteiger partial charge in [0.2, 0.25) is 0 Å². The second kappa shape index (κ2) is 9.58. The lowest BCUT2D eigenvalue weighted by molar-refractivity contribution is 0.149. The molecule has 5 heteroatoms. The van der Waals surface area contributed by atoms with E-state index in [1.54, 1.807) is 12.4 Å². The standard InChI is InChI=1S/C18H22N4O/c1-15-7-3-9-19-17(15)21-11-5-13-23-14-6-12-22-18-16(2)8-4-10-20-18/h3-4,7-12H,5-6,13-14H2,1-2H3. The van der Waals surface area contributed by atoms with Crippen LogP contribution >= 0.6 is 0 Å². The van der Waals surface area contributed by atoms with Crippen molar-refractivity contribution in [3.63, 3.8) is 0 Å². The number of aryl methyl sites for hydroxylation is 2. The summed E-state index contributed by atoms with van der Waals surface area (Å²) < 4.78 is 5.55. The Morgan fingerprint density at radius 3 is 1.78 bits per heavy atom. The molecule has 0 amide bonds. The Morgan fingerprint density at radius 1 is 0.870 bits per heavy atom. The molecular weight excluding hydrogens is 288 g/mol. The predicted octanol–water partition coefficient (Wildman–Crippen LogP) is 4.00. The molecule has 0 aliphatic rings. The van der Waals surface area contributed by atoms with Gasteiger partial charge in [0.15, 0.2) is 11.6 Å². The number of ether oxygens (including phenoxy) is 1. The number of pyridine rings is 2. The van der Waals surface area contributed by atoms with Gasteiger partial charge in [0.1, 0.15) is 0 Å². The van der Waals surface area contributed by atoms with E-state index < -0.39 is 0 Å². The minimum absolute atomic E-state index is 0.645. The van der Waals surface area contributed by atoms with Crippen molar-refractivity contribution in [2.24, 2.45) is 9.98 Å². The maximum Gasteiger partial charge on any atom is 0.154 e. The second-order valence-corrected chi connectivity index (χ2v) is 5.10. The molecule has 5 nitrogen and oxygen atoms in total. The third-order valence-electron chi connectivity index (χ3n) is 3.17. The molecule has 0 aromatic carbocycles. The van der Waals surface area contributed by atoms with E-state index in [0.717, 1.165) is 35.6 Å². The van der Waals surface area contributed by atoms with Gasteiger partial charge in [-0.05, 0) is 37.1 Å². The first kappa shape index (κ1) is 17.0. The quantitative estimate of drug-likeness (QED) is 0.547. The van der Waals surface area contributed by atoms with E-state index in [0.29, 0.717) is 13.2 Å². The van der Waals surface area contributed by atoms with E-state index in [4.69, 9.17) is 4.74 Å². The van der Waals surface area contributed by atoms with Crippen LogP contribution in [0.3, 0.4) is 0 Å². The average molecular weight is 310 g/mol. The lowest BCUT2D eigenvalue weighted by Gasteiger charge is -2.00. The van der Waals surface area contributed by atoms with Crippen LogP contribution in [0.2, 0.25) is 0 Å². The van der Waals surface area contributed by atoms with Crippen molar-refractivity contribution in [1.29, 1.82) is 0 Å². The number of rotatable bonds is 8. The van der Waals surface area contributed by atoms with Crippen LogP contribution in [0.15, 0.2) is 46.6 Å². The fraction of sp³-hybridized carbons (Fsp3) is 0.333. The number of hydrogen-bond donors (Lipinski definition) is 0. The zero-order chi connectivity index (χ0) is 16.3. The molecule has 0 aliphatic heterocycles. The first-order valence-corrected chi connectivity index (χ1v) is 7.73. The van der Waals surface area contributed by atoms with Crippen molar-refractivity contribution >= 4 is 24.1 Å². The molecule has 2 heterocycles. The maximum absolute atomic E-state index is 5.55. The van der Waals surface area contributed by atoms with Gasteiger partial charge in [-0.1, -0.05) is 12.1 Å². The molecule has 0 atom stereocenters. The van der Waals surface area contributed by atoms with Gasteiger partial charge in [-0.15, -0.1) is 0 Å². The van der Waals surface area contributed by atoms with Crippen molar-refractivity contribution < 1.29 is 4.74 Å². The molecule has 2 aromatic rings. The van der Waals surface area contributed by atoms with Crippen LogP contribution in [-0.2, 0) is 4.74 Å². The fourth-order valence-electron chi connectivity index (χ4n) is 1.90. The van der Waals surface area contributed by atoms with Gasteiger partial charge in [0.25, 0.3) is 0 Å². The Kier molecular flexibility index (Phi) is 7.07. The number of aliphatic imine (C=N–C) groups is 2. The lowest BCUT2D eigenvalue weighted by Crippen LogP contribution is -1.98. The van der Waals surface area contributed by atoms with E-state index in [1.165, 1.54) is 0 Å². The summed E-state index contributed by atoms with van der Waals surface area (Å²) in [5.74, 6) is 1.54. The summed E-state index contributed by atoms with van der Waals surface area (Å²) in [6.07, 6.45) is 8.73. The molecule has 2 rings (SSSR count). The fourth-order valence-corrected chi connectivity index (χ4v) is 1.90. The highest BCUT2D eigenvalue weighted by atomic mass is 16.5. The molecule has 0 saturated heterocycles. The molecule has 2 aromatic heterocycles. The second-order valence-electron chi connectivity index (χ2n) is 5.10. The summed E-state index contributed by atoms with van der Waals surface area (Å²) in [5, 5.41) is 0. The Morgan fingerprint density at radius 2 is 1.35 bits per heavy atom. The highest BCUT2D eigenvalue weighted by molar-refractivity contribution is 5.63. The maximum atomic E-state index is 5.55. The topological polar surface area (TPSA) is 59.7 Å². The third kappa shape index (κ3) is 6.08. The van der Waals surface area contributed by atoms with Crippen LogP contribution in [0.1, 0.15) is 24.0 Å². The van der Waals surface area contributed by atoms with Crippen LogP contribution < -0.4 is 0 Å². The summed E-state index contributed by atoms with van der Waals surface area (Å²) in [4.78, 5) is 17.1. The normalized spacial score (nSPS) is 11.6. The molecule has 0 N–H and O–H groups in total.